The van der Waals surface area contributed by atoms with Gasteiger partial charge in [0.2, 0.25) is 5.95 Å². The Balaban J connectivity index is 2.20. The molecule has 0 spiro atoms. The zero-order chi connectivity index (χ0) is 15.9. The molecule has 0 aromatic carbocycles. The van der Waals surface area contributed by atoms with E-state index in [1.165, 1.54) is 0 Å². The average Bonchev–Trinajstić information content (AvgIpc) is 2.49. The zero-order valence-electron chi connectivity index (χ0n) is 12.9. The molecule has 2 heterocycles. The van der Waals surface area contributed by atoms with E-state index in [-0.39, 0.29) is 12.0 Å². The van der Waals surface area contributed by atoms with Gasteiger partial charge in [0, 0.05) is 23.6 Å². The van der Waals surface area contributed by atoms with Crippen molar-refractivity contribution >= 4 is 34.2 Å². The molecule has 7 nitrogen and oxygen atoms in total. The first-order valence-corrected chi connectivity index (χ1v) is 8.87. The predicted molar refractivity (Wildman–Crippen MR) is 90.8 cm³/mol. The van der Waals surface area contributed by atoms with Gasteiger partial charge >= 0.3 is 0 Å². The van der Waals surface area contributed by atoms with Crippen LogP contribution in [0.1, 0.15) is 26.2 Å². The third-order valence-electron chi connectivity index (χ3n) is 3.25. The van der Waals surface area contributed by atoms with Crippen molar-refractivity contribution in [2.24, 2.45) is 0 Å². The van der Waals surface area contributed by atoms with Crippen LogP contribution in [0.3, 0.4) is 0 Å². The molecule has 8 heteroatoms. The Bertz CT molecular complexity index is 609. The highest BCUT2D eigenvalue weighted by molar-refractivity contribution is 7.88. The minimum atomic E-state index is -1.04. The molecular formula is C14H22N6OS. The summed E-state index contributed by atoms with van der Waals surface area (Å²) in [7, 11) is 0. The molecule has 0 aliphatic heterocycles. The molecule has 2 atom stereocenters. The Labute approximate surface area is 133 Å². The van der Waals surface area contributed by atoms with Crippen LogP contribution in [0.15, 0.2) is 18.3 Å². The van der Waals surface area contributed by atoms with Crippen LogP contribution in [0.25, 0.3) is 11.0 Å². The fraction of sp³-hybridized carbons (Fsp3) is 0.500. The Morgan fingerprint density at radius 2 is 2.23 bits per heavy atom. The molecule has 0 fully saturated rings. The predicted octanol–water partition coefficient (Wildman–Crippen LogP) is 1.46. The number of nitrogens with zero attached hydrogens (tertiary/aromatic N) is 3. The summed E-state index contributed by atoms with van der Waals surface area (Å²) < 4.78 is 14.2. The van der Waals surface area contributed by atoms with E-state index in [9.17, 15) is 4.55 Å². The second kappa shape index (κ2) is 8.11. The van der Waals surface area contributed by atoms with E-state index >= 15 is 0 Å². The molecule has 0 saturated carbocycles. The summed E-state index contributed by atoms with van der Waals surface area (Å²) in [6, 6.07) is 3.77. The molecule has 22 heavy (non-hydrogen) atoms. The lowest BCUT2D eigenvalue weighted by Crippen LogP contribution is -2.36. The van der Waals surface area contributed by atoms with E-state index in [1.54, 1.807) is 12.5 Å². The lowest BCUT2D eigenvalue weighted by atomic mass is 10.1. The van der Waals surface area contributed by atoms with Crippen LogP contribution in [0, 0.1) is 0 Å². The average molecular weight is 322 g/mol. The van der Waals surface area contributed by atoms with E-state index < -0.39 is 11.4 Å². The van der Waals surface area contributed by atoms with Crippen LogP contribution in [0.2, 0.25) is 0 Å². The van der Waals surface area contributed by atoms with Crippen molar-refractivity contribution < 1.29 is 4.55 Å². The minimum Gasteiger partial charge on any atom is -0.598 e. The summed E-state index contributed by atoms with van der Waals surface area (Å²) in [6.07, 6.45) is 6.43. The third-order valence-corrected chi connectivity index (χ3v) is 3.83. The number of nitrogens with one attached hydrogen (secondary N) is 2. The maximum Gasteiger partial charge on any atom is 0.222 e. The monoisotopic (exact) mass is 322 g/mol. The van der Waals surface area contributed by atoms with Gasteiger partial charge in [0.15, 0.2) is 5.82 Å². The Hall–Kier alpha value is -1.64. The molecule has 0 radical (unpaired) electrons. The summed E-state index contributed by atoms with van der Waals surface area (Å²) >= 11 is -1.04. The number of fused-ring (bicyclic) bond motifs is 1. The summed E-state index contributed by atoms with van der Waals surface area (Å²) in [6.45, 7) is 2.73. The fourth-order valence-electron chi connectivity index (χ4n) is 2.17. The number of aromatic nitrogens is 3. The van der Waals surface area contributed by atoms with E-state index in [4.69, 9.17) is 5.73 Å². The highest BCUT2D eigenvalue weighted by Gasteiger charge is 2.14. The Morgan fingerprint density at radius 3 is 2.95 bits per heavy atom. The second-order valence-electron chi connectivity index (χ2n) is 5.09. The van der Waals surface area contributed by atoms with Crippen molar-refractivity contribution in [3.05, 3.63) is 18.3 Å². The Morgan fingerprint density at radius 1 is 1.41 bits per heavy atom. The van der Waals surface area contributed by atoms with Crippen LogP contribution in [-0.4, -0.2) is 38.3 Å². The van der Waals surface area contributed by atoms with Crippen molar-refractivity contribution in [1.29, 1.82) is 0 Å². The highest BCUT2D eigenvalue weighted by atomic mass is 32.2. The highest BCUT2D eigenvalue weighted by Crippen LogP contribution is 2.20. The van der Waals surface area contributed by atoms with Crippen molar-refractivity contribution in [2.75, 3.05) is 23.9 Å². The normalized spacial score (nSPS) is 14.0. The van der Waals surface area contributed by atoms with Crippen molar-refractivity contribution in [2.45, 2.75) is 32.2 Å². The number of anilines is 2. The van der Waals surface area contributed by atoms with Gasteiger partial charge in [-0.3, -0.25) is 4.98 Å². The van der Waals surface area contributed by atoms with Crippen LogP contribution >= 0.6 is 0 Å². The second-order valence-corrected chi connectivity index (χ2v) is 6.28. The topological polar surface area (TPSA) is 112 Å². The first-order valence-electron chi connectivity index (χ1n) is 7.32. The first kappa shape index (κ1) is 16.7. The van der Waals surface area contributed by atoms with Gasteiger partial charge in [0.1, 0.15) is 11.8 Å². The number of nitrogens with two attached hydrogens (primary N) is 1. The summed E-state index contributed by atoms with van der Waals surface area (Å²) in [5, 5.41) is 3.36. The van der Waals surface area contributed by atoms with E-state index in [2.05, 4.69) is 31.9 Å². The minimum absolute atomic E-state index is 0.100. The molecule has 0 saturated heterocycles. The lowest BCUT2D eigenvalue weighted by molar-refractivity contribution is 0.561. The maximum atomic E-state index is 11.3. The van der Waals surface area contributed by atoms with Gasteiger partial charge in [-0.2, -0.15) is 4.98 Å². The number of pyridine rings is 1. The molecule has 2 rings (SSSR count). The van der Waals surface area contributed by atoms with E-state index in [0.29, 0.717) is 23.4 Å². The molecule has 2 aromatic heterocycles. The fourth-order valence-corrected chi connectivity index (χ4v) is 2.61. The number of rotatable bonds is 8. The number of hydrogen-bond donors (Lipinski definition) is 3. The molecule has 2 aromatic rings. The quantitative estimate of drug-likeness (QED) is 0.631. The summed E-state index contributed by atoms with van der Waals surface area (Å²) in [5.74, 6) is 0.831. The van der Waals surface area contributed by atoms with Gasteiger partial charge in [-0.05, 0) is 18.6 Å². The smallest absolute Gasteiger partial charge is 0.222 e. The molecule has 0 aliphatic carbocycles. The van der Waals surface area contributed by atoms with Gasteiger partial charge in [-0.15, -0.1) is 4.72 Å². The van der Waals surface area contributed by atoms with Gasteiger partial charge in [0.25, 0.3) is 0 Å². The van der Waals surface area contributed by atoms with Gasteiger partial charge < -0.3 is 15.6 Å². The summed E-state index contributed by atoms with van der Waals surface area (Å²) in [4.78, 5) is 12.8. The van der Waals surface area contributed by atoms with Crippen LogP contribution in [0.4, 0.5) is 11.8 Å². The number of hydrogen-bond acceptors (Lipinski definition) is 7. The molecule has 1 unspecified atom stereocenters. The van der Waals surface area contributed by atoms with E-state index in [1.807, 2.05) is 12.1 Å². The molecule has 0 bridgehead atoms. The van der Waals surface area contributed by atoms with Crippen LogP contribution in [-0.2, 0) is 11.4 Å². The van der Waals surface area contributed by atoms with Crippen molar-refractivity contribution in [1.82, 2.24) is 19.7 Å². The molecule has 4 N–H and O–H groups in total. The SMILES string of the molecule is CCCC[C@H](CN[S+](C)[O-])Nc1nc(N)nc2cccnc12. The largest absolute Gasteiger partial charge is 0.598 e. The lowest BCUT2D eigenvalue weighted by Gasteiger charge is -2.20. The molecular weight excluding hydrogens is 300 g/mol. The number of nitrogen functional groups attached to an aromatic ring is 1. The third kappa shape index (κ3) is 4.69. The Kier molecular flexibility index (Phi) is 6.17. The standard InChI is InChI=1S/C14H22N6OS/c1-3-4-6-10(9-17-22(2)21)18-13-12-11(7-5-8-16-12)19-14(15)20-13/h5,7-8,10,17H,3-4,6,9H2,1-2H3,(H3,15,18,19,20)/t10-,22?/m1/s1. The van der Waals surface area contributed by atoms with Gasteiger partial charge in [-0.1, -0.05) is 19.8 Å². The van der Waals surface area contributed by atoms with Crippen LogP contribution < -0.4 is 15.8 Å². The van der Waals surface area contributed by atoms with Crippen molar-refractivity contribution in [3.8, 4) is 0 Å². The first-order chi connectivity index (χ1) is 10.6. The summed E-state index contributed by atoms with van der Waals surface area (Å²) in [5.41, 5.74) is 7.17. The van der Waals surface area contributed by atoms with Crippen LogP contribution in [0.5, 0.6) is 0 Å². The molecule has 120 valence electrons. The van der Waals surface area contributed by atoms with Crippen molar-refractivity contribution in [3.63, 3.8) is 0 Å². The van der Waals surface area contributed by atoms with Gasteiger partial charge in [0.05, 0.1) is 12.1 Å². The van der Waals surface area contributed by atoms with E-state index in [0.717, 1.165) is 19.3 Å². The number of unbranched alkanes of at least 4 members (excludes halogenated alkanes) is 1. The molecule has 0 aliphatic rings. The van der Waals surface area contributed by atoms with Gasteiger partial charge in [-0.25, -0.2) is 4.98 Å². The molecule has 0 amide bonds. The zero-order valence-corrected chi connectivity index (χ0v) is 13.7. The maximum absolute atomic E-state index is 11.3.